The molecule has 144 valence electrons. The summed E-state index contributed by atoms with van der Waals surface area (Å²) in [6.07, 6.45) is 0.380. The van der Waals surface area contributed by atoms with Crippen molar-refractivity contribution in [3.05, 3.63) is 28.3 Å². The third kappa shape index (κ3) is 4.68. The lowest BCUT2D eigenvalue weighted by atomic mass is 10.3. The summed E-state index contributed by atoms with van der Waals surface area (Å²) in [5.74, 6) is -0.0276. The maximum Gasteiger partial charge on any atom is 0.312 e. The van der Waals surface area contributed by atoms with E-state index < -0.39 is 26.9 Å². The molecule has 2 fully saturated rings. The van der Waals surface area contributed by atoms with Crippen molar-refractivity contribution in [1.29, 1.82) is 0 Å². The summed E-state index contributed by atoms with van der Waals surface area (Å²) in [7, 11) is -3.93. The average molecular weight is 388 g/mol. The van der Waals surface area contributed by atoms with E-state index in [9.17, 15) is 18.5 Å². The highest BCUT2D eigenvalue weighted by Crippen LogP contribution is 2.30. The summed E-state index contributed by atoms with van der Waals surface area (Å²) in [6.45, 7) is 1.82. The fourth-order valence-electron chi connectivity index (χ4n) is 2.66. The topological polar surface area (TPSA) is 126 Å². The zero-order valence-corrected chi connectivity index (χ0v) is 14.8. The predicted octanol–water partition coefficient (Wildman–Crippen LogP) is 0.804. The van der Waals surface area contributed by atoms with Gasteiger partial charge in [0, 0.05) is 12.7 Å². The smallest absolute Gasteiger partial charge is 0.312 e. The van der Waals surface area contributed by atoms with Crippen molar-refractivity contribution in [3.63, 3.8) is 0 Å². The second kappa shape index (κ2) is 8.27. The van der Waals surface area contributed by atoms with Crippen molar-refractivity contribution >= 4 is 15.7 Å². The van der Waals surface area contributed by atoms with Crippen LogP contribution in [0.25, 0.3) is 0 Å². The molecule has 0 aliphatic carbocycles. The SMILES string of the molecule is O=[N+]([O-])c1cc(S(=O)(=O)NC2CCCO2)ccc1OCC1COCCO1. The standard InChI is InChI=1S/C15H20N2O8S/c18-17(19)13-8-12(26(20,21)16-15-2-1-5-24-15)3-4-14(13)25-10-11-9-22-6-7-23-11/h3-4,8,11,15-16H,1-2,5-7,9-10H2. The van der Waals surface area contributed by atoms with Crippen molar-refractivity contribution in [2.45, 2.75) is 30.1 Å². The van der Waals surface area contributed by atoms with Gasteiger partial charge >= 0.3 is 5.69 Å². The lowest BCUT2D eigenvalue weighted by molar-refractivity contribution is -0.386. The van der Waals surface area contributed by atoms with Gasteiger partial charge in [-0.25, -0.2) is 8.42 Å². The molecule has 0 amide bonds. The van der Waals surface area contributed by atoms with Crippen molar-refractivity contribution in [2.24, 2.45) is 0 Å². The number of hydrogen-bond acceptors (Lipinski definition) is 8. The summed E-state index contributed by atoms with van der Waals surface area (Å²) in [5.41, 5.74) is -0.433. The molecule has 1 N–H and O–H groups in total. The van der Waals surface area contributed by atoms with Crippen LogP contribution in [0.15, 0.2) is 23.1 Å². The number of ether oxygens (including phenoxy) is 4. The van der Waals surface area contributed by atoms with Gasteiger partial charge in [0.1, 0.15) is 18.9 Å². The van der Waals surface area contributed by atoms with Gasteiger partial charge in [-0.2, -0.15) is 4.72 Å². The Bertz CT molecular complexity index is 742. The van der Waals surface area contributed by atoms with E-state index in [1.807, 2.05) is 0 Å². The van der Waals surface area contributed by atoms with Crippen molar-refractivity contribution < 1.29 is 32.3 Å². The highest BCUT2D eigenvalue weighted by atomic mass is 32.2. The van der Waals surface area contributed by atoms with E-state index in [2.05, 4.69) is 4.72 Å². The van der Waals surface area contributed by atoms with Crippen LogP contribution in [0.2, 0.25) is 0 Å². The summed E-state index contributed by atoms with van der Waals surface area (Å²) in [4.78, 5) is 10.4. The minimum absolute atomic E-state index is 0.0276. The summed E-state index contributed by atoms with van der Waals surface area (Å²) in [5, 5.41) is 11.3. The van der Waals surface area contributed by atoms with Crippen LogP contribution in [0.5, 0.6) is 5.75 Å². The molecule has 10 nitrogen and oxygen atoms in total. The van der Waals surface area contributed by atoms with Gasteiger partial charge in [0.25, 0.3) is 0 Å². The number of nitro groups is 1. The molecule has 2 heterocycles. The molecule has 2 aliphatic heterocycles. The van der Waals surface area contributed by atoms with E-state index in [4.69, 9.17) is 18.9 Å². The Morgan fingerprint density at radius 2 is 2.12 bits per heavy atom. The first-order valence-electron chi connectivity index (χ1n) is 8.20. The molecule has 2 atom stereocenters. The predicted molar refractivity (Wildman–Crippen MR) is 88.4 cm³/mol. The van der Waals surface area contributed by atoms with Gasteiger partial charge in [-0.05, 0) is 25.0 Å². The third-order valence-corrected chi connectivity index (χ3v) is 5.41. The second-order valence-corrected chi connectivity index (χ2v) is 7.60. The van der Waals surface area contributed by atoms with E-state index in [1.165, 1.54) is 12.1 Å². The van der Waals surface area contributed by atoms with Gasteiger partial charge in [0.05, 0.1) is 29.6 Å². The van der Waals surface area contributed by atoms with Crippen molar-refractivity contribution in [2.75, 3.05) is 33.0 Å². The van der Waals surface area contributed by atoms with Gasteiger partial charge in [-0.1, -0.05) is 0 Å². The van der Waals surface area contributed by atoms with Crippen LogP contribution in [-0.2, 0) is 24.2 Å². The van der Waals surface area contributed by atoms with Gasteiger partial charge in [-0.15, -0.1) is 0 Å². The van der Waals surface area contributed by atoms with Crippen LogP contribution in [0, 0.1) is 10.1 Å². The zero-order chi connectivity index (χ0) is 18.6. The van der Waals surface area contributed by atoms with Gasteiger partial charge < -0.3 is 18.9 Å². The molecule has 3 rings (SSSR count). The molecule has 1 aromatic rings. The maximum absolute atomic E-state index is 12.4. The molecule has 0 spiro atoms. The Kier molecular flexibility index (Phi) is 6.04. The Labute approximate surface area is 150 Å². The third-order valence-electron chi connectivity index (χ3n) is 3.96. The number of rotatable bonds is 7. The van der Waals surface area contributed by atoms with Crippen LogP contribution >= 0.6 is 0 Å². The lowest BCUT2D eigenvalue weighted by Gasteiger charge is -2.22. The lowest BCUT2D eigenvalue weighted by Crippen LogP contribution is -2.34. The number of nitrogens with one attached hydrogen (secondary N) is 1. The Morgan fingerprint density at radius 1 is 1.27 bits per heavy atom. The quantitative estimate of drug-likeness (QED) is 0.537. The molecular weight excluding hydrogens is 368 g/mol. The first kappa shape index (κ1) is 19.0. The zero-order valence-electron chi connectivity index (χ0n) is 14.0. The summed E-state index contributed by atoms with van der Waals surface area (Å²) < 4.78 is 48.5. The van der Waals surface area contributed by atoms with Crippen molar-refractivity contribution in [1.82, 2.24) is 4.72 Å². The average Bonchev–Trinajstić information content (AvgIpc) is 3.13. The molecule has 0 aromatic heterocycles. The van der Waals surface area contributed by atoms with E-state index >= 15 is 0 Å². The summed E-state index contributed by atoms with van der Waals surface area (Å²) >= 11 is 0. The van der Waals surface area contributed by atoms with Crippen LogP contribution in [0.3, 0.4) is 0 Å². The highest BCUT2D eigenvalue weighted by molar-refractivity contribution is 7.89. The fraction of sp³-hybridized carbons (Fsp3) is 0.600. The molecule has 2 saturated heterocycles. The molecule has 2 unspecified atom stereocenters. The normalized spacial score (nSPS) is 23.7. The molecule has 0 bridgehead atoms. The number of hydrogen-bond donors (Lipinski definition) is 1. The van der Waals surface area contributed by atoms with E-state index in [-0.39, 0.29) is 23.4 Å². The van der Waals surface area contributed by atoms with Gasteiger partial charge in [-0.3, -0.25) is 10.1 Å². The molecule has 11 heteroatoms. The first-order chi connectivity index (χ1) is 12.5. The monoisotopic (exact) mass is 388 g/mol. The second-order valence-electron chi connectivity index (χ2n) is 5.89. The largest absolute Gasteiger partial charge is 0.484 e. The maximum atomic E-state index is 12.4. The van der Waals surface area contributed by atoms with Gasteiger partial charge in [0.2, 0.25) is 10.0 Å². The Morgan fingerprint density at radius 3 is 2.77 bits per heavy atom. The summed E-state index contributed by atoms with van der Waals surface area (Å²) in [6, 6.07) is 3.51. The number of sulfonamides is 1. The fourth-order valence-corrected chi connectivity index (χ4v) is 3.84. The molecule has 0 saturated carbocycles. The van der Waals surface area contributed by atoms with E-state index in [1.54, 1.807) is 0 Å². The minimum Gasteiger partial charge on any atom is -0.484 e. The number of nitrogens with zero attached hydrogens (tertiary/aromatic N) is 1. The highest BCUT2D eigenvalue weighted by Gasteiger charge is 2.27. The molecule has 2 aliphatic rings. The first-order valence-corrected chi connectivity index (χ1v) is 9.68. The molecule has 1 aromatic carbocycles. The van der Waals surface area contributed by atoms with Gasteiger partial charge in [0.15, 0.2) is 5.75 Å². The van der Waals surface area contributed by atoms with E-state index in [0.29, 0.717) is 32.8 Å². The van der Waals surface area contributed by atoms with Crippen LogP contribution in [0.1, 0.15) is 12.8 Å². The number of nitro benzene ring substituents is 1. The number of benzene rings is 1. The molecule has 26 heavy (non-hydrogen) atoms. The van der Waals surface area contributed by atoms with E-state index in [0.717, 1.165) is 12.5 Å². The van der Waals surface area contributed by atoms with Crippen LogP contribution < -0.4 is 9.46 Å². The Balaban J connectivity index is 1.74. The van der Waals surface area contributed by atoms with Crippen LogP contribution in [0.4, 0.5) is 5.69 Å². The Hall–Kier alpha value is -1.79. The van der Waals surface area contributed by atoms with Crippen molar-refractivity contribution in [3.8, 4) is 5.75 Å². The molecular formula is C15H20N2O8S. The minimum atomic E-state index is -3.93. The van der Waals surface area contributed by atoms with Crippen LogP contribution in [-0.4, -0.2) is 58.7 Å². The molecule has 0 radical (unpaired) electrons.